The Morgan fingerprint density at radius 2 is 1.37 bits per heavy atom. The molecule has 0 radical (unpaired) electrons. The van der Waals surface area contributed by atoms with Crippen LogP contribution in [0.4, 0.5) is 9.93 Å². The summed E-state index contributed by atoms with van der Waals surface area (Å²) in [7, 11) is 0. The summed E-state index contributed by atoms with van der Waals surface area (Å²) in [4.78, 5) is 27.4. The van der Waals surface area contributed by atoms with Crippen LogP contribution in [-0.4, -0.2) is 49.5 Å². The SMILES string of the molecule is CC(C)(C)N(C(=O)O)C(CSC(c1ccccc1)(c1ccccc1)c1ccccc1)C(=O)Nc1nncs1. The summed E-state index contributed by atoms with van der Waals surface area (Å²) in [5.74, 6) is -0.262. The molecule has 0 saturated heterocycles. The zero-order valence-electron chi connectivity index (χ0n) is 21.4. The van der Waals surface area contributed by atoms with Gasteiger partial charge >= 0.3 is 6.09 Å². The van der Waals surface area contributed by atoms with E-state index in [2.05, 4.69) is 51.9 Å². The third-order valence-electron chi connectivity index (χ3n) is 6.13. The Hall–Kier alpha value is -3.69. The Labute approximate surface area is 230 Å². The summed E-state index contributed by atoms with van der Waals surface area (Å²) in [5, 5.41) is 21.0. The maximum atomic E-state index is 13.6. The largest absolute Gasteiger partial charge is 0.465 e. The van der Waals surface area contributed by atoms with Crippen LogP contribution < -0.4 is 5.32 Å². The summed E-state index contributed by atoms with van der Waals surface area (Å²) in [5.41, 5.74) is 3.78. The number of carbonyl (C=O) groups excluding carboxylic acids is 1. The second-order valence-electron chi connectivity index (χ2n) is 9.66. The van der Waals surface area contributed by atoms with Gasteiger partial charge in [0.05, 0.1) is 4.75 Å². The van der Waals surface area contributed by atoms with Crippen LogP contribution in [0.15, 0.2) is 96.5 Å². The van der Waals surface area contributed by atoms with E-state index in [-0.39, 0.29) is 5.75 Å². The van der Waals surface area contributed by atoms with Crippen LogP contribution in [-0.2, 0) is 9.54 Å². The molecule has 2 N–H and O–H groups in total. The van der Waals surface area contributed by atoms with Crippen LogP contribution >= 0.6 is 23.1 Å². The maximum Gasteiger partial charge on any atom is 0.408 e. The van der Waals surface area contributed by atoms with E-state index in [0.29, 0.717) is 5.13 Å². The fourth-order valence-corrected chi connectivity index (χ4v) is 6.61. The summed E-state index contributed by atoms with van der Waals surface area (Å²) in [6, 6.07) is 29.3. The van der Waals surface area contributed by atoms with Crippen LogP contribution in [0.2, 0.25) is 0 Å². The predicted molar refractivity (Wildman–Crippen MR) is 154 cm³/mol. The van der Waals surface area contributed by atoms with Gasteiger partial charge in [0.2, 0.25) is 11.0 Å². The molecule has 0 saturated carbocycles. The fraction of sp³-hybridized carbons (Fsp3) is 0.241. The minimum absolute atomic E-state index is 0.187. The van der Waals surface area contributed by atoms with Crippen LogP contribution in [0.25, 0.3) is 0 Å². The van der Waals surface area contributed by atoms with Crippen molar-refractivity contribution >= 4 is 40.2 Å². The Kier molecular flexibility index (Phi) is 8.48. The summed E-state index contributed by atoms with van der Waals surface area (Å²) in [6.07, 6.45) is -1.17. The first-order valence-electron chi connectivity index (χ1n) is 12.1. The van der Waals surface area contributed by atoms with Gasteiger partial charge in [0.15, 0.2) is 0 Å². The molecule has 7 nitrogen and oxygen atoms in total. The third-order valence-corrected chi connectivity index (χ3v) is 8.36. The lowest BCUT2D eigenvalue weighted by molar-refractivity contribution is -0.121. The molecule has 1 heterocycles. The van der Waals surface area contributed by atoms with Gasteiger partial charge < -0.3 is 5.11 Å². The molecule has 0 aliphatic rings. The molecular weight excluding hydrogens is 516 g/mol. The molecule has 0 aliphatic heterocycles. The molecule has 4 rings (SSSR count). The Morgan fingerprint density at radius 3 is 1.74 bits per heavy atom. The zero-order chi connectivity index (χ0) is 27.2. The Morgan fingerprint density at radius 1 is 0.895 bits per heavy atom. The van der Waals surface area contributed by atoms with Crippen molar-refractivity contribution in [2.75, 3.05) is 11.1 Å². The number of aromatic nitrogens is 2. The van der Waals surface area contributed by atoms with Crippen LogP contribution in [0, 0.1) is 0 Å². The van der Waals surface area contributed by atoms with Crippen molar-refractivity contribution in [3.05, 3.63) is 113 Å². The van der Waals surface area contributed by atoms with E-state index >= 15 is 0 Å². The summed E-state index contributed by atoms with van der Waals surface area (Å²) in [6.45, 7) is 5.36. The van der Waals surface area contributed by atoms with Crippen molar-refractivity contribution in [3.8, 4) is 0 Å². The van der Waals surface area contributed by atoms with Gasteiger partial charge in [-0.05, 0) is 37.5 Å². The highest BCUT2D eigenvalue weighted by atomic mass is 32.2. The molecule has 1 atom stereocenters. The second kappa shape index (κ2) is 11.8. The van der Waals surface area contributed by atoms with E-state index in [1.165, 1.54) is 21.7 Å². The number of carboxylic acid groups (broad SMARTS) is 1. The first kappa shape index (κ1) is 27.3. The highest BCUT2D eigenvalue weighted by Gasteiger charge is 2.42. The summed E-state index contributed by atoms with van der Waals surface area (Å²) >= 11 is 2.72. The fourth-order valence-electron chi connectivity index (χ4n) is 4.54. The summed E-state index contributed by atoms with van der Waals surface area (Å²) < 4.78 is -0.701. The maximum absolute atomic E-state index is 13.6. The highest BCUT2D eigenvalue weighted by molar-refractivity contribution is 8.00. The zero-order valence-corrected chi connectivity index (χ0v) is 23.1. The number of nitrogens with zero attached hydrogens (tertiary/aromatic N) is 3. The van der Waals surface area contributed by atoms with Crippen LogP contribution in [0.5, 0.6) is 0 Å². The van der Waals surface area contributed by atoms with Crippen molar-refractivity contribution < 1.29 is 14.7 Å². The van der Waals surface area contributed by atoms with Crippen molar-refractivity contribution in [1.82, 2.24) is 15.1 Å². The predicted octanol–water partition coefficient (Wildman–Crippen LogP) is 6.35. The van der Waals surface area contributed by atoms with E-state index in [4.69, 9.17) is 0 Å². The lowest BCUT2D eigenvalue weighted by Gasteiger charge is -2.41. The van der Waals surface area contributed by atoms with Gasteiger partial charge in [0, 0.05) is 11.3 Å². The molecule has 0 bridgehead atoms. The van der Waals surface area contributed by atoms with Gasteiger partial charge in [-0.15, -0.1) is 22.0 Å². The molecule has 196 valence electrons. The van der Waals surface area contributed by atoms with Crippen molar-refractivity contribution in [3.63, 3.8) is 0 Å². The van der Waals surface area contributed by atoms with Crippen LogP contribution in [0.1, 0.15) is 37.5 Å². The van der Waals surface area contributed by atoms with Crippen LogP contribution in [0.3, 0.4) is 0 Å². The minimum atomic E-state index is -1.17. The smallest absolute Gasteiger partial charge is 0.408 e. The van der Waals surface area contributed by atoms with Gasteiger partial charge in [0.25, 0.3) is 0 Å². The number of thioether (sulfide) groups is 1. The van der Waals surface area contributed by atoms with Gasteiger partial charge in [-0.25, -0.2) is 4.79 Å². The van der Waals surface area contributed by atoms with E-state index in [0.717, 1.165) is 16.7 Å². The molecule has 38 heavy (non-hydrogen) atoms. The first-order valence-corrected chi connectivity index (χ1v) is 14.0. The number of rotatable bonds is 9. The molecule has 0 fully saturated rings. The minimum Gasteiger partial charge on any atom is -0.465 e. The Balaban J connectivity index is 1.84. The first-order chi connectivity index (χ1) is 18.2. The van der Waals surface area contributed by atoms with E-state index in [1.54, 1.807) is 32.5 Å². The average Bonchev–Trinajstić information content (AvgIpc) is 3.42. The van der Waals surface area contributed by atoms with E-state index in [9.17, 15) is 14.7 Å². The number of hydrogen-bond acceptors (Lipinski definition) is 6. The van der Waals surface area contributed by atoms with Gasteiger partial charge in [-0.1, -0.05) is 102 Å². The molecule has 1 unspecified atom stereocenters. The number of hydrogen-bond donors (Lipinski definition) is 2. The number of anilines is 1. The lowest BCUT2D eigenvalue weighted by atomic mass is 9.84. The van der Waals surface area contributed by atoms with Crippen molar-refractivity contribution in [2.24, 2.45) is 0 Å². The number of carbonyl (C=O) groups is 2. The van der Waals surface area contributed by atoms with Gasteiger partial charge in [-0.2, -0.15) is 0 Å². The molecule has 1 aromatic heterocycles. The lowest BCUT2D eigenvalue weighted by Crippen LogP contribution is -2.57. The molecule has 2 amide bonds. The highest BCUT2D eigenvalue weighted by Crippen LogP contribution is 2.49. The quantitative estimate of drug-likeness (QED) is 0.238. The average molecular weight is 547 g/mol. The molecule has 0 aliphatic carbocycles. The van der Waals surface area contributed by atoms with E-state index < -0.39 is 28.3 Å². The number of nitrogens with one attached hydrogen (secondary N) is 1. The molecule has 9 heteroatoms. The van der Waals surface area contributed by atoms with Crippen molar-refractivity contribution in [2.45, 2.75) is 37.1 Å². The number of amides is 2. The molecule has 4 aromatic rings. The topological polar surface area (TPSA) is 95.4 Å². The molecule has 3 aromatic carbocycles. The standard InChI is InChI=1S/C29H30N4O3S2/c1-28(2,3)33(27(35)36)24(25(34)31-26-32-30-20-37-26)19-38-29(21-13-7-4-8-14-21,22-15-9-5-10-16-22)23-17-11-6-12-18-23/h4-18,20,24H,19H2,1-3H3,(H,35,36)(H,31,32,34). The third kappa shape index (κ3) is 5.89. The number of benzene rings is 3. The van der Waals surface area contributed by atoms with Gasteiger partial charge in [0.1, 0.15) is 11.6 Å². The second-order valence-corrected chi connectivity index (χ2v) is 11.7. The van der Waals surface area contributed by atoms with Gasteiger partial charge in [-0.3, -0.25) is 15.0 Å². The van der Waals surface area contributed by atoms with E-state index in [1.807, 2.05) is 54.6 Å². The molecular formula is C29H30N4O3S2. The molecule has 0 spiro atoms. The monoisotopic (exact) mass is 546 g/mol. The van der Waals surface area contributed by atoms with Crippen molar-refractivity contribution in [1.29, 1.82) is 0 Å². The normalized spacial score (nSPS) is 12.5. The Bertz CT molecular complexity index is 1230.